The second-order valence-corrected chi connectivity index (χ2v) is 4.57. The van der Waals surface area contributed by atoms with E-state index in [0.717, 1.165) is 9.21 Å². The smallest absolute Gasteiger partial charge is 0.317 e. The maximum Gasteiger partial charge on any atom is 0.317 e. The fraction of sp³-hybridized carbons (Fsp3) is 0.375. The second-order valence-electron chi connectivity index (χ2n) is 2.77. The van der Waals surface area contributed by atoms with Gasteiger partial charge in [-0.3, -0.25) is 9.69 Å². The Morgan fingerprint density at radius 3 is 2.85 bits per heavy atom. The fourth-order valence-electron chi connectivity index (χ4n) is 0.990. The standard InChI is InChI=1S/C8H10ClNO2S/c1-10(5-8(11)12)4-6-2-3-7(9)13-6/h2-3H,4-5H2,1H3,(H,11,12). The predicted molar refractivity (Wildman–Crippen MR) is 53.3 cm³/mol. The monoisotopic (exact) mass is 219 g/mol. The minimum atomic E-state index is -0.815. The molecule has 0 aliphatic rings. The molecule has 0 saturated heterocycles. The number of nitrogens with zero attached hydrogens (tertiary/aromatic N) is 1. The van der Waals surface area contributed by atoms with Crippen LogP contribution in [0.3, 0.4) is 0 Å². The molecule has 0 bridgehead atoms. The molecule has 72 valence electrons. The lowest BCUT2D eigenvalue weighted by Gasteiger charge is -2.11. The van der Waals surface area contributed by atoms with E-state index in [4.69, 9.17) is 16.7 Å². The van der Waals surface area contributed by atoms with Crippen LogP contribution in [0, 0.1) is 0 Å². The molecule has 0 spiro atoms. The molecule has 0 unspecified atom stereocenters. The summed E-state index contributed by atoms with van der Waals surface area (Å²) in [6.45, 7) is 0.680. The van der Waals surface area contributed by atoms with Crippen molar-refractivity contribution in [3.05, 3.63) is 21.3 Å². The van der Waals surface area contributed by atoms with Crippen molar-refractivity contribution in [3.63, 3.8) is 0 Å². The van der Waals surface area contributed by atoms with Crippen LogP contribution in [-0.4, -0.2) is 29.6 Å². The molecule has 3 nitrogen and oxygen atoms in total. The Hall–Kier alpha value is -0.580. The molecule has 0 aliphatic carbocycles. The Bertz CT molecular complexity index is 300. The first-order valence-corrected chi connectivity index (χ1v) is 4.92. The lowest BCUT2D eigenvalue weighted by Crippen LogP contribution is -2.24. The van der Waals surface area contributed by atoms with Crippen LogP contribution in [0.2, 0.25) is 4.34 Å². The van der Waals surface area contributed by atoms with Gasteiger partial charge in [0.1, 0.15) is 0 Å². The Balaban J connectivity index is 2.44. The Morgan fingerprint density at radius 1 is 1.69 bits per heavy atom. The molecule has 1 rings (SSSR count). The molecule has 0 saturated carbocycles. The van der Waals surface area contributed by atoms with Gasteiger partial charge in [-0.25, -0.2) is 0 Å². The number of carbonyl (C=O) groups is 1. The number of carboxylic acids is 1. The number of hydrogen-bond acceptors (Lipinski definition) is 3. The lowest BCUT2D eigenvalue weighted by atomic mass is 10.4. The van der Waals surface area contributed by atoms with E-state index < -0.39 is 5.97 Å². The normalized spacial score (nSPS) is 10.7. The van der Waals surface area contributed by atoms with Crippen molar-refractivity contribution in [2.75, 3.05) is 13.6 Å². The molecule has 1 N–H and O–H groups in total. The van der Waals surface area contributed by atoms with Crippen LogP contribution >= 0.6 is 22.9 Å². The number of hydrogen-bond donors (Lipinski definition) is 1. The van der Waals surface area contributed by atoms with E-state index >= 15 is 0 Å². The molecule has 5 heteroatoms. The molecular formula is C8H10ClNO2S. The summed E-state index contributed by atoms with van der Waals surface area (Å²) in [5.74, 6) is -0.815. The summed E-state index contributed by atoms with van der Waals surface area (Å²) in [7, 11) is 1.77. The van der Waals surface area contributed by atoms with Gasteiger partial charge in [0.2, 0.25) is 0 Å². The summed E-state index contributed by atoms with van der Waals surface area (Å²) in [6, 6.07) is 3.72. The van der Waals surface area contributed by atoms with E-state index in [9.17, 15) is 4.79 Å². The quantitative estimate of drug-likeness (QED) is 0.841. The first-order chi connectivity index (χ1) is 6.08. The zero-order valence-corrected chi connectivity index (χ0v) is 8.73. The van der Waals surface area contributed by atoms with E-state index in [1.807, 2.05) is 12.1 Å². The average Bonchev–Trinajstić information content (AvgIpc) is 2.33. The Morgan fingerprint density at radius 2 is 2.38 bits per heavy atom. The highest BCUT2D eigenvalue weighted by atomic mass is 35.5. The van der Waals surface area contributed by atoms with Crippen molar-refractivity contribution >= 4 is 28.9 Å². The van der Waals surface area contributed by atoms with Gasteiger partial charge >= 0.3 is 5.97 Å². The lowest BCUT2D eigenvalue weighted by molar-refractivity contribution is -0.138. The van der Waals surface area contributed by atoms with E-state index in [2.05, 4.69) is 0 Å². The van der Waals surface area contributed by atoms with Gasteiger partial charge in [0, 0.05) is 11.4 Å². The number of rotatable bonds is 4. The molecule has 0 amide bonds. The zero-order chi connectivity index (χ0) is 9.84. The van der Waals surface area contributed by atoms with E-state index in [1.165, 1.54) is 11.3 Å². The van der Waals surface area contributed by atoms with Crippen molar-refractivity contribution in [2.24, 2.45) is 0 Å². The third kappa shape index (κ3) is 3.76. The van der Waals surface area contributed by atoms with Crippen LogP contribution in [0.15, 0.2) is 12.1 Å². The largest absolute Gasteiger partial charge is 0.480 e. The van der Waals surface area contributed by atoms with Crippen LogP contribution < -0.4 is 0 Å². The van der Waals surface area contributed by atoms with E-state index in [1.54, 1.807) is 11.9 Å². The fourth-order valence-corrected chi connectivity index (χ4v) is 2.16. The SMILES string of the molecule is CN(CC(=O)O)Cc1ccc(Cl)s1. The molecule has 0 radical (unpaired) electrons. The van der Waals surface area contributed by atoms with Crippen molar-refractivity contribution in [1.82, 2.24) is 4.90 Å². The zero-order valence-electron chi connectivity index (χ0n) is 7.16. The summed E-state index contributed by atoms with van der Waals surface area (Å²) in [5, 5.41) is 8.50. The van der Waals surface area contributed by atoms with Gasteiger partial charge in [-0.05, 0) is 19.2 Å². The molecule has 0 atom stereocenters. The number of carboxylic acid groups (broad SMARTS) is 1. The summed E-state index contributed by atoms with van der Waals surface area (Å²) in [5.41, 5.74) is 0. The molecule has 1 heterocycles. The van der Waals surface area contributed by atoms with Gasteiger partial charge in [-0.15, -0.1) is 11.3 Å². The van der Waals surface area contributed by atoms with Gasteiger partial charge in [0.15, 0.2) is 0 Å². The number of aliphatic carboxylic acids is 1. The highest BCUT2D eigenvalue weighted by Gasteiger charge is 2.06. The molecular weight excluding hydrogens is 210 g/mol. The van der Waals surface area contributed by atoms with Gasteiger partial charge < -0.3 is 5.11 Å². The van der Waals surface area contributed by atoms with Gasteiger partial charge in [-0.1, -0.05) is 11.6 Å². The van der Waals surface area contributed by atoms with Crippen molar-refractivity contribution in [2.45, 2.75) is 6.54 Å². The summed E-state index contributed by atoms with van der Waals surface area (Å²) in [6.07, 6.45) is 0. The third-order valence-electron chi connectivity index (χ3n) is 1.46. The highest BCUT2D eigenvalue weighted by molar-refractivity contribution is 7.16. The molecule has 0 aliphatic heterocycles. The van der Waals surface area contributed by atoms with Crippen LogP contribution in [0.1, 0.15) is 4.88 Å². The predicted octanol–water partition coefficient (Wildman–Crippen LogP) is 1.92. The number of thiophene rings is 1. The molecule has 13 heavy (non-hydrogen) atoms. The van der Waals surface area contributed by atoms with Crippen molar-refractivity contribution < 1.29 is 9.90 Å². The van der Waals surface area contributed by atoms with Gasteiger partial charge in [-0.2, -0.15) is 0 Å². The van der Waals surface area contributed by atoms with Crippen LogP contribution in [-0.2, 0) is 11.3 Å². The van der Waals surface area contributed by atoms with E-state index in [-0.39, 0.29) is 6.54 Å². The van der Waals surface area contributed by atoms with E-state index in [0.29, 0.717) is 6.54 Å². The summed E-state index contributed by atoms with van der Waals surface area (Å²) < 4.78 is 0.735. The first-order valence-electron chi connectivity index (χ1n) is 3.72. The molecule has 1 aromatic heterocycles. The second kappa shape index (κ2) is 4.60. The van der Waals surface area contributed by atoms with Crippen LogP contribution in [0.25, 0.3) is 0 Å². The minimum Gasteiger partial charge on any atom is -0.480 e. The van der Waals surface area contributed by atoms with Gasteiger partial charge in [0.05, 0.1) is 10.9 Å². The first kappa shape index (κ1) is 10.5. The molecule has 1 aromatic rings. The van der Waals surface area contributed by atoms with Crippen LogP contribution in [0.5, 0.6) is 0 Å². The Labute approximate surface area is 85.6 Å². The highest BCUT2D eigenvalue weighted by Crippen LogP contribution is 2.22. The number of likely N-dealkylation sites (N-methyl/N-ethyl adjacent to an activating group) is 1. The maximum absolute atomic E-state index is 10.3. The molecule has 0 aromatic carbocycles. The maximum atomic E-state index is 10.3. The topological polar surface area (TPSA) is 40.5 Å². The van der Waals surface area contributed by atoms with Crippen LogP contribution in [0.4, 0.5) is 0 Å². The van der Waals surface area contributed by atoms with Crippen molar-refractivity contribution in [1.29, 1.82) is 0 Å². The Kier molecular flexibility index (Phi) is 3.71. The molecule has 0 fully saturated rings. The summed E-state index contributed by atoms with van der Waals surface area (Å²) >= 11 is 7.21. The summed E-state index contributed by atoms with van der Waals surface area (Å²) in [4.78, 5) is 13.1. The van der Waals surface area contributed by atoms with Gasteiger partial charge in [0.25, 0.3) is 0 Å². The van der Waals surface area contributed by atoms with Crippen molar-refractivity contribution in [3.8, 4) is 0 Å². The number of halogens is 1. The average molecular weight is 220 g/mol. The third-order valence-corrected chi connectivity index (χ3v) is 2.68. The minimum absolute atomic E-state index is 0.0511.